The van der Waals surface area contributed by atoms with Gasteiger partial charge in [-0.1, -0.05) is 0 Å². The van der Waals surface area contributed by atoms with Gasteiger partial charge in [0.1, 0.15) is 11.3 Å². The monoisotopic (exact) mass is 293 g/mol. The van der Waals surface area contributed by atoms with Gasteiger partial charge in [-0.05, 0) is 45.2 Å². The van der Waals surface area contributed by atoms with Gasteiger partial charge in [-0.3, -0.25) is 0 Å². The summed E-state index contributed by atoms with van der Waals surface area (Å²) < 4.78 is 7.90. The summed E-state index contributed by atoms with van der Waals surface area (Å²) in [6.07, 6.45) is 3.95. The van der Waals surface area contributed by atoms with Gasteiger partial charge in [-0.2, -0.15) is 0 Å². The summed E-state index contributed by atoms with van der Waals surface area (Å²) in [6, 6.07) is 1.99. The maximum absolute atomic E-state index is 6.36. The molecule has 2 unspecified atom stereocenters. The molecule has 108 valence electrons. The SMILES string of the molecule is Cc1ccnc2c1nc(C(C)Cl)n2C1(C)CCCOC1. The van der Waals surface area contributed by atoms with Crippen LogP contribution in [0, 0.1) is 6.92 Å². The van der Waals surface area contributed by atoms with Gasteiger partial charge in [-0.15, -0.1) is 11.6 Å². The molecule has 5 heteroatoms. The number of ether oxygens (including phenoxy) is 1. The highest BCUT2D eigenvalue weighted by molar-refractivity contribution is 6.20. The fourth-order valence-electron chi connectivity index (χ4n) is 3.01. The molecule has 0 radical (unpaired) electrons. The maximum atomic E-state index is 6.36. The average molecular weight is 294 g/mol. The van der Waals surface area contributed by atoms with Crippen molar-refractivity contribution in [1.82, 2.24) is 14.5 Å². The van der Waals surface area contributed by atoms with Crippen molar-refractivity contribution in [2.45, 2.75) is 44.5 Å². The first-order chi connectivity index (χ1) is 9.53. The van der Waals surface area contributed by atoms with Crippen LogP contribution in [-0.2, 0) is 10.3 Å². The molecule has 0 amide bonds. The molecule has 2 aromatic heterocycles. The Balaban J connectivity index is 2.26. The van der Waals surface area contributed by atoms with Gasteiger partial charge < -0.3 is 9.30 Å². The molecule has 0 spiro atoms. The number of aromatic nitrogens is 3. The van der Waals surface area contributed by atoms with Crippen LogP contribution in [0.4, 0.5) is 0 Å². The molecule has 0 N–H and O–H groups in total. The predicted octanol–water partition coefficient (Wildman–Crippen LogP) is 3.57. The number of hydrogen-bond donors (Lipinski definition) is 0. The standard InChI is InChI=1S/C15H20ClN3O/c1-10-5-7-17-14-12(10)18-13(11(2)16)19(14)15(3)6-4-8-20-9-15/h5,7,11H,4,6,8-9H2,1-3H3. The van der Waals surface area contributed by atoms with Gasteiger partial charge in [0, 0.05) is 12.8 Å². The van der Waals surface area contributed by atoms with Crippen LogP contribution in [0.1, 0.15) is 43.5 Å². The van der Waals surface area contributed by atoms with Gasteiger partial charge >= 0.3 is 0 Å². The summed E-state index contributed by atoms with van der Waals surface area (Å²) in [7, 11) is 0. The first-order valence-corrected chi connectivity index (χ1v) is 7.53. The molecule has 4 nitrogen and oxygen atoms in total. The van der Waals surface area contributed by atoms with Crippen molar-refractivity contribution in [1.29, 1.82) is 0 Å². The summed E-state index contributed by atoms with van der Waals surface area (Å²) in [5, 5.41) is -0.151. The van der Waals surface area contributed by atoms with Crippen molar-refractivity contribution < 1.29 is 4.74 Å². The number of pyridine rings is 1. The Morgan fingerprint density at radius 3 is 2.95 bits per heavy atom. The van der Waals surface area contributed by atoms with Crippen molar-refractivity contribution in [2.24, 2.45) is 0 Å². The van der Waals surface area contributed by atoms with Gasteiger partial charge in [0.25, 0.3) is 0 Å². The summed E-state index contributed by atoms with van der Waals surface area (Å²) in [6.45, 7) is 7.75. The number of rotatable bonds is 2. The molecule has 1 saturated heterocycles. The molecule has 20 heavy (non-hydrogen) atoms. The Kier molecular flexibility index (Phi) is 3.46. The number of halogens is 1. The summed E-state index contributed by atoms with van der Waals surface area (Å²) in [5.41, 5.74) is 2.88. The van der Waals surface area contributed by atoms with Crippen molar-refractivity contribution in [2.75, 3.05) is 13.2 Å². The van der Waals surface area contributed by atoms with Gasteiger partial charge in [-0.25, -0.2) is 9.97 Å². The maximum Gasteiger partial charge on any atom is 0.160 e. The Bertz CT molecular complexity index is 629. The second-order valence-electron chi connectivity index (χ2n) is 5.87. The van der Waals surface area contributed by atoms with E-state index in [0.717, 1.165) is 42.0 Å². The average Bonchev–Trinajstić information content (AvgIpc) is 2.81. The molecule has 3 heterocycles. The molecule has 3 rings (SSSR count). The van der Waals surface area contributed by atoms with Crippen molar-refractivity contribution in [3.8, 4) is 0 Å². The van der Waals surface area contributed by atoms with Crippen LogP contribution in [0.5, 0.6) is 0 Å². The second kappa shape index (κ2) is 5.01. The van der Waals surface area contributed by atoms with Gasteiger partial charge in [0.05, 0.1) is 17.5 Å². The van der Waals surface area contributed by atoms with Crippen LogP contribution in [0.2, 0.25) is 0 Å². The topological polar surface area (TPSA) is 39.9 Å². The van der Waals surface area contributed by atoms with Crippen LogP contribution in [0.25, 0.3) is 11.2 Å². The molecule has 0 aliphatic carbocycles. The van der Waals surface area contributed by atoms with Crippen LogP contribution >= 0.6 is 11.6 Å². The van der Waals surface area contributed by atoms with E-state index in [1.54, 1.807) is 0 Å². The molecular weight excluding hydrogens is 274 g/mol. The molecule has 0 bridgehead atoms. The molecule has 0 aromatic carbocycles. The fraction of sp³-hybridized carbons (Fsp3) is 0.600. The highest BCUT2D eigenvalue weighted by atomic mass is 35.5. The minimum Gasteiger partial charge on any atom is -0.379 e. The second-order valence-corrected chi connectivity index (χ2v) is 6.53. The number of imidazole rings is 1. The Labute approximate surface area is 124 Å². The fourth-order valence-corrected chi connectivity index (χ4v) is 3.15. The van der Waals surface area contributed by atoms with Crippen molar-refractivity contribution in [3.63, 3.8) is 0 Å². The van der Waals surface area contributed by atoms with E-state index in [9.17, 15) is 0 Å². The molecule has 2 atom stereocenters. The number of aryl methyl sites for hydroxylation is 1. The molecule has 2 aromatic rings. The molecule has 1 aliphatic heterocycles. The van der Waals surface area contributed by atoms with E-state index in [1.807, 2.05) is 19.2 Å². The zero-order valence-electron chi connectivity index (χ0n) is 12.2. The van der Waals surface area contributed by atoms with E-state index in [2.05, 4.69) is 23.4 Å². The van der Waals surface area contributed by atoms with Crippen LogP contribution in [-0.4, -0.2) is 27.7 Å². The number of nitrogens with zero attached hydrogens (tertiary/aromatic N) is 3. The van der Waals surface area contributed by atoms with E-state index in [4.69, 9.17) is 21.3 Å². The lowest BCUT2D eigenvalue weighted by Crippen LogP contribution is -2.40. The summed E-state index contributed by atoms with van der Waals surface area (Å²) in [4.78, 5) is 9.30. The molecule has 0 saturated carbocycles. The van der Waals surface area contributed by atoms with Crippen LogP contribution < -0.4 is 0 Å². The number of hydrogen-bond acceptors (Lipinski definition) is 3. The predicted molar refractivity (Wildman–Crippen MR) is 80.2 cm³/mol. The van der Waals surface area contributed by atoms with Crippen LogP contribution in [0.15, 0.2) is 12.3 Å². The Morgan fingerprint density at radius 2 is 2.30 bits per heavy atom. The molecule has 1 fully saturated rings. The lowest BCUT2D eigenvalue weighted by atomic mass is 9.94. The highest BCUT2D eigenvalue weighted by Gasteiger charge is 2.35. The molecule has 1 aliphatic rings. The van der Waals surface area contributed by atoms with Crippen LogP contribution in [0.3, 0.4) is 0 Å². The normalized spacial score (nSPS) is 25.0. The lowest BCUT2D eigenvalue weighted by molar-refractivity contribution is 0.00988. The highest BCUT2D eigenvalue weighted by Crippen LogP contribution is 2.35. The third-order valence-electron chi connectivity index (χ3n) is 4.09. The largest absolute Gasteiger partial charge is 0.379 e. The van der Waals surface area contributed by atoms with Gasteiger partial charge in [0.2, 0.25) is 0 Å². The lowest BCUT2D eigenvalue weighted by Gasteiger charge is -2.36. The van der Waals surface area contributed by atoms with Gasteiger partial charge in [0.15, 0.2) is 5.65 Å². The number of alkyl halides is 1. The zero-order valence-corrected chi connectivity index (χ0v) is 12.9. The Hall–Kier alpha value is -1.13. The summed E-state index contributed by atoms with van der Waals surface area (Å²) >= 11 is 6.36. The smallest absolute Gasteiger partial charge is 0.160 e. The first-order valence-electron chi connectivity index (χ1n) is 7.09. The number of fused-ring (bicyclic) bond motifs is 1. The first kappa shape index (κ1) is 13.8. The van der Waals surface area contributed by atoms with Crippen molar-refractivity contribution >= 4 is 22.8 Å². The van der Waals surface area contributed by atoms with Crippen molar-refractivity contribution in [3.05, 3.63) is 23.7 Å². The van der Waals surface area contributed by atoms with E-state index in [0.29, 0.717) is 6.61 Å². The van der Waals surface area contributed by atoms with E-state index < -0.39 is 0 Å². The van der Waals surface area contributed by atoms with E-state index in [1.165, 1.54) is 0 Å². The van der Waals surface area contributed by atoms with E-state index >= 15 is 0 Å². The molecular formula is C15H20ClN3O. The third kappa shape index (κ3) is 2.11. The quantitative estimate of drug-likeness (QED) is 0.795. The minimum atomic E-state index is -0.151. The summed E-state index contributed by atoms with van der Waals surface area (Å²) in [5.74, 6) is 0.886. The third-order valence-corrected chi connectivity index (χ3v) is 4.28. The Morgan fingerprint density at radius 1 is 1.50 bits per heavy atom. The van der Waals surface area contributed by atoms with E-state index in [-0.39, 0.29) is 10.9 Å². The minimum absolute atomic E-state index is 0.119. The zero-order chi connectivity index (χ0) is 14.3.